The van der Waals surface area contributed by atoms with Crippen molar-refractivity contribution in [1.29, 1.82) is 0 Å². The number of aryl methyl sites for hydroxylation is 1. The molecule has 0 saturated carbocycles. The monoisotopic (exact) mass is 327 g/mol. The van der Waals surface area contributed by atoms with Gasteiger partial charge in [-0.15, -0.1) is 0 Å². The van der Waals surface area contributed by atoms with Crippen LogP contribution in [0.2, 0.25) is 0 Å². The summed E-state index contributed by atoms with van der Waals surface area (Å²) < 4.78 is 0. The van der Waals surface area contributed by atoms with E-state index in [1.54, 1.807) is 0 Å². The minimum Gasteiger partial charge on any atom is -0.247 e. The summed E-state index contributed by atoms with van der Waals surface area (Å²) in [6, 6.07) is 17.9. The van der Waals surface area contributed by atoms with E-state index in [1.807, 2.05) is 0 Å². The van der Waals surface area contributed by atoms with Crippen molar-refractivity contribution in [2.24, 2.45) is 4.99 Å². The van der Waals surface area contributed by atoms with Crippen molar-refractivity contribution < 1.29 is 0 Å². The quantitative estimate of drug-likeness (QED) is 0.389. The normalized spacial score (nSPS) is 13.2. The van der Waals surface area contributed by atoms with Crippen LogP contribution in [0.5, 0.6) is 0 Å². The molecule has 0 bridgehead atoms. The van der Waals surface area contributed by atoms with Gasteiger partial charge in [0.15, 0.2) is 0 Å². The number of rotatable bonds is 3. The first-order valence-corrected chi connectivity index (χ1v) is 9.22. The molecule has 1 heteroatoms. The van der Waals surface area contributed by atoms with Gasteiger partial charge in [-0.3, -0.25) is 0 Å². The van der Waals surface area contributed by atoms with Crippen LogP contribution in [-0.2, 0) is 0 Å². The van der Waals surface area contributed by atoms with Crippen LogP contribution in [0.3, 0.4) is 0 Å². The molecule has 0 fully saturated rings. The second-order valence-electron chi connectivity index (χ2n) is 7.79. The maximum atomic E-state index is 5.03. The van der Waals surface area contributed by atoms with Gasteiger partial charge in [-0.2, -0.15) is 0 Å². The Labute approximate surface area is 150 Å². The third-order valence-electron chi connectivity index (χ3n) is 5.31. The molecule has 0 N–H and O–H groups in total. The molecule has 0 saturated heterocycles. The average Bonchev–Trinajstić information content (AvgIpc) is 2.98. The molecule has 25 heavy (non-hydrogen) atoms. The summed E-state index contributed by atoms with van der Waals surface area (Å²) in [5.74, 6) is 1.03. The second-order valence-corrected chi connectivity index (χ2v) is 7.79. The predicted molar refractivity (Wildman–Crippen MR) is 109 cm³/mol. The molecule has 4 rings (SSSR count). The summed E-state index contributed by atoms with van der Waals surface area (Å²) in [5, 5.41) is 2.62. The van der Waals surface area contributed by atoms with Crippen molar-refractivity contribution in [3.05, 3.63) is 76.3 Å². The summed E-state index contributed by atoms with van der Waals surface area (Å²) in [5.41, 5.74) is 8.84. The van der Waals surface area contributed by atoms with Gasteiger partial charge >= 0.3 is 0 Å². The molecule has 1 aliphatic rings. The van der Waals surface area contributed by atoms with Crippen molar-refractivity contribution in [3.63, 3.8) is 0 Å². The third-order valence-corrected chi connectivity index (χ3v) is 5.31. The molecule has 3 aromatic carbocycles. The molecular formula is C24H25N. The summed E-state index contributed by atoms with van der Waals surface area (Å²) in [7, 11) is 0. The van der Waals surface area contributed by atoms with Gasteiger partial charge in [0, 0.05) is 16.5 Å². The first-order chi connectivity index (χ1) is 12.0. The number of aliphatic imine (C=N–C) groups is 1. The Hall–Kier alpha value is -2.41. The predicted octanol–water partition coefficient (Wildman–Crippen LogP) is 6.88. The molecule has 1 nitrogen and oxygen atoms in total. The summed E-state index contributed by atoms with van der Waals surface area (Å²) in [4.78, 5) is 5.03. The van der Waals surface area contributed by atoms with Crippen LogP contribution in [-0.4, -0.2) is 5.71 Å². The van der Waals surface area contributed by atoms with E-state index in [0.29, 0.717) is 11.8 Å². The SMILES string of the molecule is Cc1ccc2c3c(cccc13)C(c1cc(C(C)C)cc(C(C)C)c1)=N2. The fourth-order valence-corrected chi connectivity index (χ4v) is 3.71. The highest BCUT2D eigenvalue weighted by atomic mass is 14.8. The van der Waals surface area contributed by atoms with E-state index in [1.165, 1.54) is 38.6 Å². The number of hydrogen-bond acceptors (Lipinski definition) is 1. The van der Waals surface area contributed by atoms with Gasteiger partial charge in [-0.1, -0.05) is 58.0 Å². The highest BCUT2D eigenvalue weighted by molar-refractivity contribution is 6.26. The Morgan fingerprint density at radius 2 is 1.48 bits per heavy atom. The van der Waals surface area contributed by atoms with E-state index >= 15 is 0 Å². The smallest absolute Gasteiger partial charge is 0.0789 e. The van der Waals surface area contributed by atoms with Gasteiger partial charge in [0.05, 0.1) is 11.4 Å². The molecule has 0 atom stereocenters. The molecule has 0 radical (unpaired) electrons. The Kier molecular flexibility index (Phi) is 3.76. The Bertz CT molecular complexity index is 980. The topological polar surface area (TPSA) is 12.4 Å². The zero-order valence-corrected chi connectivity index (χ0v) is 15.7. The lowest BCUT2D eigenvalue weighted by Crippen LogP contribution is -2.04. The molecule has 0 aliphatic carbocycles. The Balaban J connectivity index is 1.95. The number of nitrogens with zero attached hydrogens (tertiary/aromatic N) is 1. The lowest BCUT2D eigenvalue weighted by Gasteiger charge is -2.15. The van der Waals surface area contributed by atoms with Gasteiger partial charge in [0.1, 0.15) is 0 Å². The van der Waals surface area contributed by atoms with Gasteiger partial charge in [0.2, 0.25) is 0 Å². The molecule has 3 aromatic rings. The van der Waals surface area contributed by atoms with Gasteiger partial charge in [-0.05, 0) is 59.0 Å². The highest BCUT2D eigenvalue weighted by Gasteiger charge is 2.21. The van der Waals surface area contributed by atoms with E-state index in [4.69, 9.17) is 4.99 Å². The minimum atomic E-state index is 0.514. The Morgan fingerprint density at radius 3 is 2.12 bits per heavy atom. The lowest BCUT2D eigenvalue weighted by molar-refractivity contribution is 0.833. The summed E-state index contributed by atoms with van der Waals surface area (Å²) in [6.45, 7) is 11.2. The van der Waals surface area contributed by atoms with Crippen molar-refractivity contribution in [2.75, 3.05) is 0 Å². The Morgan fingerprint density at radius 1 is 0.800 bits per heavy atom. The molecule has 1 heterocycles. The first kappa shape index (κ1) is 16.1. The van der Waals surface area contributed by atoms with Gasteiger partial charge in [0.25, 0.3) is 0 Å². The molecule has 1 aliphatic heterocycles. The zero-order valence-electron chi connectivity index (χ0n) is 15.7. The van der Waals surface area contributed by atoms with Crippen LogP contribution in [0.25, 0.3) is 10.8 Å². The molecule has 0 unspecified atom stereocenters. The highest BCUT2D eigenvalue weighted by Crippen LogP contribution is 2.39. The van der Waals surface area contributed by atoms with Crippen LogP contribution >= 0.6 is 0 Å². The molecule has 126 valence electrons. The largest absolute Gasteiger partial charge is 0.247 e. The van der Waals surface area contributed by atoms with E-state index in [9.17, 15) is 0 Å². The van der Waals surface area contributed by atoms with Crippen LogP contribution < -0.4 is 0 Å². The lowest BCUT2D eigenvalue weighted by atomic mass is 9.89. The number of hydrogen-bond donors (Lipinski definition) is 0. The average molecular weight is 327 g/mol. The fourth-order valence-electron chi connectivity index (χ4n) is 3.71. The maximum Gasteiger partial charge on any atom is 0.0789 e. The molecule has 0 aromatic heterocycles. The fraction of sp³-hybridized carbons (Fsp3) is 0.292. The van der Waals surface area contributed by atoms with Crippen LogP contribution in [0.4, 0.5) is 5.69 Å². The van der Waals surface area contributed by atoms with Gasteiger partial charge < -0.3 is 0 Å². The van der Waals surface area contributed by atoms with Crippen molar-refractivity contribution >= 4 is 22.2 Å². The van der Waals surface area contributed by atoms with Crippen LogP contribution in [0, 0.1) is 6.92 Å². The van der Waals surface area contributed by atoms with E-state index in [2.05, 4.69) is 83.1 Å². The van der Waals surface area contributed by atoms with Crippen molar-refractivity contribution in [2.45, 2.75) is 46.5 Å². The molecule has 0 amide bonds. The van der Waals surface area contributed by atoms with E-state index in [0.717, 1.165) is 11.4 Å². The van der Waals surface area contributed by atoms with Crippen molar-refractivity contribution in [3.8, 4) is 0 Å². The van der Waals surface area contributed by atoms with E-state index < -0.39 is 0 Å². The standard InChI is InChI=1S/C24H25N/c1-14(2)17-11-18(15(3)4)13-19(12-17)24-21-8-6-7-20-16(5)9-10-22(25-24)23(20)21/h6-15H,1-5H3. The van der Waals surface area contributed by atoms with Crippen molar-refractivity contribution in [1.82, 2.24) is 0 Å². The van der Waals surface area contributed by atoms with Crippen LogP contribution in [0.15, 0.2) is 53.5 Å². The molecular weight excluding hydrogens is 302 g/mol. The zero-order chi connectivity index (χ0) is 17.7. The van der Waals surface area contributed by atoms with E-state index in [-0.39, 0.29) is 0 Å². The number of benzene rings is 3. The first-order valence-electron chi connectivity index (χ1n) is 9.22. The minimum absolute atomic E-state index is 0.514. The van der Waals surface area contributed by atoms with Gasteiger partial charge in [-0.25, -0.2) is 4.99 Å². The summed E-state index contributed by atoms with van der Waals surface area (Å²) in [6.07, 6.45) is 0. The second kappa shape index (κ2) is 5.84. The van der Waals surface area contributed by atoms with Crippen LogP contribution in [0.1, 0.15) is 67.3 Å². The summed E-state index contributed by atoms with van der Waals surface area (Å²) >= 11 is 0. The third kappa shape index (κ3) is 2.59. The molecule has 0 spiro atoms. The maximum absolute atomic E-state index is 5.03.